The number of amides is 1. The molecule has 1 aromatic carbocycles. The molecule has 0 spiro atoms. The third kappa shape index (κ3) is 4.08. The summed E-state index contributed by atoms with van der Waals surface area (Å²) < 4.78 is 4.06. The predicted octanol–water partition coefficient (Wildman–Crippen LogP) is 4.10. The SMILES string of the molecule is Cc1c(Br)cnn1C(C)C(=O)Nc1ncn(Cc2ccc(Cl)cc2Cl)n1. The fourth-order valence-corrected chi connectivity index (χ4v) is 3.11. The number of hydrogen-bond acceptors (Lipinski definition) is 4. The molecule has 1 atom stereocenters. The monoisotopic (exact) mass is 456 g/mol. The van der Waals surface area contributed by atoms with E-state index in [4.69, 9.17) is 23.2 Å². The van der Waals surface area contributed by atoms with Gasteiger partial charge < -0.3 is 0 Å². The van der Waals surface area contributed by atoms with E-state index in [9.17, 15) is 4.79 Å². The Morgan fingerprint density at radius 1 is 1.38 bits per heavy atom. The molecule has 10 heteroatoms. The minimum Gasteiger partial charge on any atom is -0.291 e. The Kier molecular flexibility index (Phi) is 5.64. The first-order chi connectivity index (χ1) is 12.3. The van der Waals surface area contributed by atoms with Gasteiger partial charge in [0.2, 0.25) is 5.95 Å². The zero-order chi connectivity index (χ0) is 18.8. The molecule has 1 unspecified atom stereocenters. The van der Waals surface area contributed by atoms with Gasteiger partial charge in [-0.25, -0.2) is 9.67 Å². The minimum absolute atomic E-state index is 0.218. The molecule has 0 saturated carbocycles. The number of anilines is 1. The van der Waals surface area contributed by atoms with Gasteiger partial charge in [0.25, 0.3) is 5.91 Å². The van der Waals surface area contributed by atoms with Gasteiger partial charge in [-0.3, -0.25) is 14.8 Å². The molecule has 136 valence electrons. The highest BCUT2D eigenvalue weighted by atomic mass is 79.9. The van der Waals surface area contributed by atoms with Crippen LogP contribution in [0, 0.1) is 6.92 Å². The molecule has 3 rings (SSSR count). The molecule has 0 bridgehead atoms. The van der Waals surface area contributed by atoms with Crippen molar-refractivity contribution in [1.82, 2.24) is 24.5 Å². The van der Waals surface area contributed by atoms with Crippen molar-refractivity contribution >= 4 is 51.0 Å². The molecule has 7 nitrogen and oxygen atoms in total. The average molecular weight is 458 g/mol. The van der Waals surface area contributed by atoms with Crippen LogP contribution in [0.5, 0.6) is 0 Å². The Labute approximate surface area is 168 Å². The van der Waals surface area contributed by atoms with Crippen molar-refractivity contribution in [3.05, 3.63) is 56.5 Å². The summed E-state index contributed by atoms with van der Waals surface area (Å²) in [7, 11) is 0. The number of hydrogen-bond donors (Lipinski definition) is 1. The van der Waals surface area contributed by atoms with Gasteiger partial charge in [-0.2, -0.15) is 5.10 Å². The number of rotatable bonds is 5. The van der Waals surface area contributed by atoms with Crippen molar-refractivity contribution < 1.29 is 4.79 Å². The normalized spacial score (nSPS) is 12.2. The Balaban J connectivity index is 1.68. The second-order valence-corrected chi connectivity index (χ2v) is 7.39. The number of aromatic nitrogens is 5. The second-order valence-electron chi connectivity index (χ2n) is 5.69. The zero-order valence-electron chi connectivity index (χ0n) is 13.9. The first-order valence-corrected chi connectivity index (χ1v) is 9.24. The molecule has 3 aromatic rings. The number of nitrogens with one attached hydrogen (secondary N) is 1. The van der Waals surface area contributed by atoms with Gasteiger partial charge in [-0.05, 0) is 47.5 Å². The highest BCUT2D eigenvalue weighted by Gasteiger charge is 2.20. The summed E-state index contributed by atoms with van der Waals surface area (Å²) in [5.74, 6) is -0.0400. The van der Waals surface area contributed by atoms with Gasteiger partial charge in [-0.1, -0.05) is 29.3 Å². The van der Waals surface area contributed by atoms with Crippen LogP contribution in [0.25, 0.3) is 0 Å². The largest absolute Gasteiger partial charge is 0.291 e. The molecule has 2 heterocycles. The lowest BCUT2D eigenvalue weighted by molar-refractivity contribution is -0.119. The smallest absolute Gasteiger partial charge is 0.251 e. The average Bonchev–Trinajstić information content (AvgIpc) is 3.17. The molecule has 1 N–H and O–H groups in total. The van der Waals surface area contributed by atoms with E-state index in [1.807, 2.05) is 13.0 Å². The second kappa shape index (κ2) is 7.77. The minimum atomic E-state index is -0.501. The number of benzene rings is 1. The molecule has 0 fully saturated rings. The van der Waals surface area contributed by atoms with Crippen LogP contribution in [0.2, 0.25) is 10.0 Å². The summed E-state index contributed by atoms with van der Waals surface area (Å²) >= 11 is 15.4. The van der Waals surface area contributed by atoms with Crippen LogP contribution in [-0.4, -0.2) is 30.5 Å². The van der Waals surface area contributed by atoms with E-state index >= 15 is 0 Å². The van der Waals surface area contributed by atoms with E-state index in [1.165, 1.54) is 6.33 Å². The number of nitrogens with zero attached hydrogens (tertiary/aromatic N) is 5. The van der Waals surface area contributed by atoms with Gasteiger partial charge in [0.05, 0.1) is 22.9 Å². The van der Waals surface area contributed by atoms with Crippen molar-refractivity contribution in [2.75, 3.05) is 5.32 Å². The highest BCUT2D eigenvalue weighted by molar-refractivity contribution is 9.10. The highest BCUT2D eigenvalue weighted by Crippen LogP contribution is 2.22. The van der Waals surface area contributed by atoms with Gasteiger partial charge in [0, 0.05) is 10.0 Å². The topological polar surface area (TPSA) is 77.6 Å². The van der Waals surface area contributed by atoms with Crippen molar-refractivity contribution in [3.63, 3.8) is 0 Å². The fourth-order valence-electron chi connectivity index (χ4n) is 2.37. The van der Waals surface area contributed by atoms with Crippen LogP contribution in [-0.2, 0) is 11.3 Å². The first kappa shape index (κ1) is 18.9. The molecule has 0 aliphatic heterocycles. The molecular weight excluding hydrogens is 443 g/mol. The zero-order valence-corrected chi connectivity index (χ0v) is 17.0. The van der Waals surface area contributed by atoms with E-state index in [2.05, 4.69) is 36.4 Å². The third-order valence-corrected chi connectivity index (χ3v) is 5.22. The number of halogens is 3. The summed E-state index contributed by atoms with van der Waals surface area (Å²) in [6.45, 7) is 4.05. The summed E-state index contributed by atoms with van der Waals surface area (Å²) in [5.41, 5.74) is 1.72. The van der Waals surface area contributed by atoms with Crippen molar-refractivity contribution in [3.8, 4) is 0 Å². The fraction of sp³-hybridized carbons (Fsp3) is 0.250. The van der Waals surface area contributed by atoms with Gasteiger partial charge in [0.15, 0.2) is 0 Å². The number of carbonyl (C=O) groups excluding carboxylic acids is 1. The quantitative estimate of drug-likeness (QED) is 0.625. The van der Waals surface area contributed by atoms with E-state index < -0.39 is 6.04 Å². The van der Waals surface area contributed by atoms with E-state index in [0.29, 0.717) is 16.6 Å². The Bertz CT molecular complexity index is 954. The lowest BCUT2D eigenvalue weighted by atomic mass is 10.2. The molecule has 0 saturated heterocycles. The lowest BCUT2D eigenvalue weighted by Gasteiger charge is -2.13. The molecule has 0 aliphatic rings. The molecular formula is C16H15BrCl2N6O. The molecule has 26 heavy (non-hydrogen) atoms. The van der Waals surface area contributed by atoms with Gasteiger partial charge in [-0.15, -0.1) is 5.10 Å². The van der Waals surface area contributed by atoms with Crippen LogP contribution in [0.15, 0.2) is 35.2 Å². The summed E-state index contributed by atoms with van der Waals surface area (Å²) in [4.78, 5) is 16.5. The Hall–Kier alpha value is -1.90. The van der Waals surface area contributed by atoms with Crippen LogP contribution in [0.1, 0.15) is 24.2 Å². The maximum atomic E-state index is 12.4. The summed E-state index contributed by atoms with van der Waals surface area (Å²) in [6.07, 6.45) is 3.18. The van der Waals surface area contributed by atoms with Crippen LogP contribution in [0.3, 0.4) is 0 Å². The van der Waals surface area contributed by atoms with E-state index in [1.54, 1.807) is 34.6 Å². The molecule has 0 radical (unpaired) electrons. The molecule has 0 aliphatic carbocycles. The van der Waals surface area contributed by atoms with Crippen LogP contribution in [0.4, 0.5) is 5.95 Å². The summed E-state index contributed by atoms with van der Waals surface area (Å²) in [6, 6.07) is 4.75. The van der Waals surface area contributed by atoms with Gasteiger partial charge >= 0.3 is 0 Å². The Morgan fingerprint density at radius 3 is 2.81 bits per heavy atom. The molecule has 1 amide bonds. The number of carbonyl (C=O) groups is 1. The first-order valence-electron chi connectivity index (χ1n) is 7.69. The third-order valence-electron chi connectivity index (χ3n) is 3.85. The van der Waals surface area contributed by atoms with Crippen molar-refractivity contribution in [2.45, 2.75) is 26.4 Å². The van der Waals surface area contributed by atoms with Crippen molar-refractivity contribution in [1.29, 1.82) is 0 Å². The summed E-state index contributed by atoms with van der Waals surface area (Å²) in [5, 5.41) is 12.3. The molecule has 2 aromatic heterocycles. The Morgan fingerprint density at radius 2 is 2.15 bits per heavy atom. The standard InChI is InChI=1S/C16H15BrCl2N6O/c1-9-13(17)6-21-25(9)10(2)15(26)22-16-20-8-24(23-16)7-11-3-4-12(18)5-14(11)19/h3-6,8,10H,7H2,1-2H3,(H,22,23,26). The van der Waals surface area contributed by atoms with E-state index in [-0.39, 0.29) is 11.9 Å². The maximum Gasteiger partial charge on any atom is 0.251 e. The van der Waals surface area contributed by atoms with Crippen LogP contribution >= 0.6 is 39.1 Å². The van der Waals surface area contributed by atoms with E-state index in [0.717, 1.165) is 15.7 Å². The predicted molar refractivity (Wildman–Crippen MR) is 104 cm³/mol. The maximum absolute atomic E-state index is 12.4. The van der Waals surface area contributed by atoms with Crippen LogP contribution < -0.4 is 5.32 Å². The lowest BCUT2D eigenvalue weighted by Crippen LogP contribution is -2.25. The van der Waals surface area contributed by atoms with Crippen molar-refractivity contribution in [2.24, 2.45) is 0 Å². The van der Waals surface area contributed by atoms with Gasteiger partial charge in [0.1, 0.15) is 12.4 Å².